The number of azo groups is 3. The van der Waals surface area contributed by atoms with E-state index in [4.69, 9.17) is 17.3 Å². The van der Waals surface area contributed by atoms with E-state index in [0.29, 0.717) is 5.69 Å². The molecule has 0 bridgehead atoms. The summed E-state index contributed by atoms with van der Waals surface area (Å²) in [5.41, 5.74) is 3.83. The fourth-order valence-corrected chi connectivity index (χ4v) is 6.63. The number of aryl methyl sites for hydroxylation is 1. The van der Waals surface area contributed by atoms with Gasteiger partial charge in [0, 0.05) is 18.0 Å². The van der Waals surface area contributed by atoms with Crippen LogP contribution in [0.3, 0.4) is 0 Å². The van der Waals surface area contributed by atoms with Crippen molar-refractivity contribution in [2.75, 3.05) is 29.2 Å². The van der Waals surface area contributed by atoms with Gasteiger partial charge in [-0.15, -0.1) is 32.1 Å². The molecule has 55 heavy (non-hydrogen) atoms. The van der Waals surface area contributed by atoms with Gasteiger partial charge in [0.15, 0.2) is 21.3 Å². The van der Waals surface area contributed by atoms with Crippen LogP contribution in [0.1, 0.15) is 26.3 Å². The molecule has 4 rings (SSSR count). The number of carbonyl (C=O) groups is 3. The first kappa shape index (κ1) is 41.4. The monoisotopic (exact) mass is 815 g/mol. The van der Waals surface area contributed by atoms with Crippen molar-refractivity contribution in [3.8, 4) is 11.5 Å². The van der Waals surface area contributed by atoms with Crippen LogP contribution in [-0.4, -0.2) is 78.5 Å². The highest BCUT2D eigenvalue weighted by Crippen LogP contribution is 2.47. The van der Waals surface area contributed by atoms with Gasteiger partial charge in [-0.25, -0.2) is 18.0 Å². The summed E-state index contributed by atoms with van der Waals surface area (Å²) in [4.78, 5) is 35.4. The van der Waals surface area contributed by atoms with E-state index in [2.05, 4.69) is 41.3 Å². The topological polar surface area (TPSA) is 325 Å². The van der Waals surface area contributed by atoms with Crippen molar-refractivity contribution < 1.29 is 51.1 Å². The first-order chi connectivity index (χ1) is 25.9. The number of phenols is 2. The maximum absolute atomic E-state index is 12.6. The number of phenolic OH excluding ortho intramolecular Hbond substituents is 2. The van der Waals surface area contributed by atoms with Crippen molar-refractivity contribution in [2.45, 2.75) is 11.8 Å². The SMILES string of the molecule is Cc1ccc(N=Nc2c(C(=O)O)cc(O)c(N=Nc3ccc(N=Nc4ccc(C(=O)NCCS(=O)(=O)CCCl)cc4S(=O)(=O)O)c(NC(N)=O)c3)c2O)cc1. The summed E-state index contributed by atoms with van der Waals surface area (Å²) in [7, 11) is -8.53. The van der Waals surface area contributed by atoms with Crippen molar-refractivity contribution in [3.63, 3.8) is 0 Å². The molecule has 23 heteroatoms. The fraction of sp³-hybridized carbons (Fsp3) is 0.156. The maximum atomic E-state index is 12.6. The molecule has 0 spiro atoms. The number of hydrogen-bond donors (Lipinski definition) is 7. The van der Waals surface area contributed by atoms with E-state index < -0.39 is 82.6 Å². The van der Waals surface area contributed by atoms with Crippen molar-refractivity contribution in [2.24, 2.45) is 36.4 Å². The second kappa shape index (κ2) is 17.6. The Morgan fingerprint density at radius 3 is 2.04 bits per heavy atom. The van der Waals surface area contributed by atoms with E-state index in [1.165, 1.54) is 18.2 Å². The van der Waals surface area contributed by atoms with Crippen LogP contribution in [-0.2, 0) is 20.0 Å². The number of benzene rings is 4. The van der Waals surface area contributed by atoms with Gasteiger partial charge in [0.05, 0.1) is 34.1 Å². The predicted octanol–water partition coefficient (Wildman–Crippen LogP) is 6.47. The molecule has 3 amide bonds. The average Bonchev–Trinajstić information content (AvgIpc) is 3.10. The molecule has 4 aromatic carbocycles. The molecule has 0 fully saturated rings. The molecule has 288 valence electrons. The van der Waals surface area contributed by atoms with Gasteiger partial charge in [0.1, 0.15) is 27.7 Å². The summed E-state index contributed by atoms with van der Waals surface area (Å²) < 4.78 is 57.9. The van der Waals surface area contributed by atoms with E-state index >= 15 is 0 Å². The molecule has 0 unspecified atom stereocenters. The zero-order valence-electron chi connectivity index (χ0n) is 28.3. The van der Waals surface area contributed by atoms with Crippen molar-refractivity contribution in [3.05, 3.63) is 83.4 Å². The van der Waals surface area contributed by atoms with E-state index in [9.17, 15) is 51.1 Å². The van der Waals surface area contributed by atoms with Gasteiger partial charge >= 0.3 is 12.0 Å². The molecule has 0 aliphatic rings. The normalized spacial score (nSPS) is 12.1. The van der Waals surface area contributed by atoms with Gasteiger partial charge in [0.2, 0.25) is 0 Å². The Morgan fingerprint density at radius 1 is 0.782 bits per heavy atom. The Morgan fingerprint density at radius 2 is 1.40 bits per heavy atom. The van der Waals surface area contributed by atoms with Crippen LogP contribution in [0, 0.1) is 6.92 Å². The zero-order valence-corrected chi connectivity index (χ0v) is 30.7. The second-order valence-corrected chi connectivity index (χ2v) is 15.2. The zero-order chi connectivity index (χ0) is 40.5. The van der Waals surface area contributed by atoms with E-state index in [1.54, 1.807) is 24.3 Å². The number of primary amides is 1. The third-order valence-corrected chi connectivity index (χ3v) is 10.1. The van der Waals surface area contributed by atoms with Gasteiger partial charge in [-0.3, -0.25) is 9.35 Å². The minimum Gasteiger partial charge on any atom is -0.505 e. The lowest BCUT2D eigenvalue weighted by molar-refractivity contribution is 0.0696. The molecule has 20 nitrogen and oxygen atoms in total. The largest absolute Gasteiger partial charge is 0.505 e. The highest BCUT2D eigenvalue weighted by atomic mass is 35.5. The summed E-state index contributed by atoms with van der Waals surface area (Å²) in [6, 6.07) is 13.0. The predicted molar refractivity (Wildman–Crippen MR) is 198 cm³/mol. The van der Waals surface area contributed by atoms with Crippen molar-refractivity contribution in [1.82, 2.24) is 5.32 Å². The lowest BCUT2D eigenvalue weighted by Gasteiger charge is -2.09. The van der Waals surface area contributed by atoms with E-state index in [1.807, 2.05) is 6.92 Å². The smallest absolute Gasteiger partial charge is 0.338 e. The number of nitrogens with one attached hydrogen (secondary N) is 2. The van der Waals surface area contributed by atoms with Crippen LogP contribution >= 0.6 is 11.6 Å². The van der Waals surface area contributed by atoms with Crippen LogP contribution < -0.4 is 16.4 Å². The number of hydrogen-bond acceptors (Lipinski definition) is 15. The number of nitrogens with two attached hydrogens (primary N) is 1. The number of nitrogens with zero attached hydrogens (tertiary/aromatic N) is 6. The summed E-state index contributed by atoms with van der Waals surface area (Å²) in [6.45, 7) is 1.55. The molecule has 0 aliphatic carbocycles. The standard InChI is InChI=1S/C32H30ClN9O11S2/c1-17-2-5-19(6-3-17)37-41-27-21(31(46)47)16-25(43)28(29(27)44)42-38-20-7-9-22(24(15-20)36-32(34)48)39-40-23-8-4-18(14-26(23)55(51,52)53)30(45)35-11-13-54(49,50)12-10-33/h2-9,14-16,43-44H,10-13H2,1H3,(H,35,45)(H,46,47)(H3,34,36,48)(H,51,52,53). The quantitative estimate of drug-likeness (QED) is 0.0387. The van der Waals surface area contributed by atoms with E-state index in [-0.39, 0.29) is 40.8 Å². The molecule has 0 radical (unpaired) electrons. The molecule has 0 heterocycles. The van der Waals surface area contributed by atoms with Gasteiger partial charge in [-0.05, 0) is 61.5 Å². The first-order valence-electron chi connectivity index (χ1n) is 15.4. The Labute approximate surface area is 317 Å². The molecule has 0 atom stereocenters. The first-order valence-corrected chi connectivity index (χ1v) is 19.2. The fourth-order valence-electron chi connectivity index (χ4n) is 4.42. The molecule has 4 aromatic rings. The molecular formula is C32H30ClN9O11S2. The number of carbonyl (C=O) groups excluding carboxylic acids is 2. The highest BCUT2D eigenvalue weighted by molar-refractivity contribution is 7.91. The molecule has 0 saturated heterocycles. The Balaban J connectivity index is 1.64. The Bertz CT molecular complexity index is 2460. The van der Waals surface area contributed by atoms with Crippen molar-refractivity contribution >= 4 is 89.3 Å². The number of amides is 3. The second-order valence-electron chi connectivity index (χ2n) is 11.2. The van der Waals surface area contributed by atoms with Crippen molar-refractivity contribution in [1.29, 1.82) is 0 Å². The number of alkyl halides is 1. The van der Waals surface area contributed by atoms with E-state index in [0.717, 1.165) is 29.8 Å². The minimum absolute atomic E-state index is 0.0453. The minimum atomic E-state index is -5.00. The number of aromatic carboxylic acids is 1. The van der Waals surface area contributed by atoms with Crippen LogP contribution in [0.4, 0.5) is 44.6 Å². The lowest BCUT2D eigenvalue weighted by atomic mass is 10.1. The van der Waals surface area contributed by atoms with Gasteiger partial charge < -0.3 is 31.7 Å². The number of anilines is 1. The molecule has 0 saturated carbocycles. The van der Waals surface area contributed by atoms with Crippen LogP contribution in [0.25, 0.3) is 0 Å². The lowest BCUT2D eigenvalue weighted by Crippen LogP contribution is -2.30. The molecule has 0 aromatic heterocycles. The van der Waals surface area contributed by atoms with Crippen LogP contribution in [0.5, 0.6) is 11.5 Å². The maximum Gasteiger partial charge on any atom is 0.338 e. The van der Waals surface area contributed by atoms with Gasteiger partial charge in [0.25, 0.3) is 16.0 Å². The number of carboxylic acids is 1. The number of rotatable bonds is 15. The summed E-state index contributed by atoms with van der Waals surface area (Å²) in [5, 5.41) is 58.9. The number of sulfone groups is 1. The van der Waals surface area contributed by atoms with Gasteiger partial charge in [-0.2, -0.15) is 18.6 Å². The Kier molecular flexibility index (Phi) is 13.3. The summed E-state index contributed by atoms with van der Waals surface area (Å²) in [6.07, 6.45) is 0. The third kappa shape index (κ3) is 11.3. The van der Waals surface area contributed by atoms with Gasteiger partial charge in [-0.1, -0.05) is 17.7 Å². The number of carboxylic acid groups (broad SMARTS) is 1. The van der Waals surface area contributed by atoms with Crippen LogP contribution in [0.2, 0.25) is 0 Å². The molecular weight excluding hydrogens is 786 g/mol. The third-order valence-electron chi connectivity index (χ3n) is 7.11. The molecule has 0 aliphatic heterocycles. The number of aromatic hydroxyl groups is 2. The molecule has 8 N–H and O–H groups in total. The Hall–Kier alpha value is -6.36. The summed E-state index contributed by atoms with van der Waals surface area (Å²) in [5.74, 6) is -4.88. The number of halogens is 1. The van der Waals surface area contributed by atoms with Crippen LogP contribution in [0.15, 0.2) is 102 Å². The summed E-state index contributed by atoms with van der Waals surface area (Å²) >= 11 is 5.46. The average molecular weight is 816 g/mol. The number of urea groups is 1. The highest BCUT2D eigenvalue weighted by Gasteiger charge is 2.23.